The van der Waals surface area contributed by atoms with Gasteiger partial charge in [0.15, 0.2) is 0 Å². The Morgan fingerprint density at radius 1 is 1.10 bits per heavy atom. The van der Waals surface area contributed by atoms with Gasteiger partial charge in [0.25, 0.3) is 10.1 Å². The Kier molecular flexibility index (Phi) is 6.13. The lowest BCUT2D eigenvalue weighted by Crippen LogP contribution is -2.21. The third-order valence-electron chi connectivity index (χ3n) is 2.63. The highest BCUT2D eigenvalue weighted by Gasteiger charge is 2.15. The van der Waals surface area contributed by atoms with E-state index in [2.05, 4.69) is 0 Å². The van der Waals surface area contributed by atoms with Crippen molar-refractivity contribution in [2.24, 2.45) is 0 Å². The highest BCUT2D eigenvalue weighted by molar-refractivity contribution is 7.86. The summed E-state index contributed by atoms with van der Waals surface area (Å²) in [6.07, 6.45) is 0.484. The van der Waals surface area contributed by atoms with E-state index in [1.807, 2.05) is 6.92 Å². The zero-order valence-corrected chi connectivity index (χ0v) is 12.9. The maximum absolute atomic E-state index is 11.8. The van der Waals surface area contributed by atoms with E-state index in [1.54, 1.807) is 26.0 Å². The van der Waals surface area contributed by atoms with Gasteiger partial charge in [0.1, 0.15) is 0 Å². The zero-order valence-electron chi connectivity index (χ0n) is 12.1. The topological polar surface area (TPSA) is 72.8 Å². The number of ether oxygens (including phenoxy) is 1. The molecule has 5 nitrogen and oxygen atoms in total. The molecule has 0 aliphatic carbocycles. The molecular weight excluding hydrogens is 280 g/mol. The van der Waals surface area contributed by atoms with E-state index in [4.69, 9.17) is 8.92 Å². The molecule has 0 saturated heterocycles. The van der Waals surface area contributed by atoms with Gasteiger partial charge < -0.3 is 9.84 Å². The minimum atomic E-state index is -3.72. The Morgan fingerprint density at radius 2 is 1.70 bits per heavy atom. The van der Waals surface area contributed by atoms with E-state index in [-0.39, 0.29) is 18.1 Å². The van der Waals surface area contributed by atoms with Crippen LogP contribution in [0.5, 0.6) is 0 Å². The first kappa shape index (κ1) is 17.1. The van der Waals surface area contributed by atoms with Crippen molar-refractivity contribution >= 4 is 10.1 Å². The SMILES string of the molecule is Cc1ccc(S(=O)(=O)OCCOCCC(C)(C)O)cc1. The Bertz CT molecular complexity index is 499. The average Bonchev–Trinajstić information content (AvgIpc) is 2.33. The van der Waals surface area contributed by atoms with Gasteiger partial charge >= 0.3 is 0 Å². The van der Waals surface area contributed by atoms with E-state index in [9.17, 15) is 13.5 Å². The van der Waals surface area contributed by atoms with Gasteiger partial charge in [-0.3, -0.25) is 4.18 Å². The molecule has 20 heavy (non-hydrogen) atoms. The van der Waals surface area contributed by atoms with E-state index in [0.717, 1.165) is 5.56 Å². The second-order valence-electron chi connectivity index (χ2n) is 5.26. The normalized spacial score (nSPS) is 12.6. The predicted molar refractivity (Wildman–Crippen MR) is 76.1 cm³/mol. The van der Waals surface area contributed by atoms with Gasteiger partial charge in [-0.25, -0.2) is 0 Å². The third kappa shape index (κ3) is 6.47. The van der Waals surface area contributed by atoms with Gasteiger partial charge in [-0.2, -0.15) is 8.42 Å². The molecule has 0 amide bonds. The molecule has 1 rings (SSSR count). The summed E-state index contributed by atoms with van der Waals surface area (Å²) in [6, 6.07) is 6.46. The molecule has 1 aromatic carbocycles. The maximum atomic E-state index is 11.8. The minimum absolute atomic E-state index is 0.0396. The molecule has 0 heterocycles. The fourth-order valence-corrected chi connectivity index (χ4v) is 2.29. The van der Waals surface area contributed by atoms with Gasteiger partial charge in [-0.15, -0.1) is 0 Å². The van der Waals surface area contributed by atoms with Crippen molar-refractivity contribution in [3.8, 4) is 0 Å². The minimum Gasteiger partial charge on any atom is -0.390 e. The summed E-state index contributed by atoms with van der Waals surface area (Å²) in [5, 5.41) is 9.47. The first-order valence-corrected chi connectivity index (χ1v) is 7.88. The highest BCUT2D eigenvalue weighted by Crippen LogP contribution is 2.13. The molecule has 0 saturated carbocycles. The molecule has 1 aromatic rings. The molecule has 0 bridgehead atoms. The van der Waals surface area contributed by atoms with Gasteiger partial charge in [0, 0.05) is 6.61 Å². The van der Waals surface area contributed by atoms with Crippen LogP contribution in [-0.4, -0.2) is 38.9 Å². The van der Waals surface area contributed by atoms with Crippen LogP contribution in [0.25, 0.3) is 0 Å². The number of hydrogen-bond donors (Lipinski definition) is 1. The molecule has 0 aliphatic rings. The molecule has 0 aromatic heterocycles. The summed E-state index contributed by atoms with van der Waals surface area (Å²) in [7, 11) is -3.72. The van der Waals surface area contributed by atoms with Crippen molar-refractivity contribution in [2.75, 3.05) is 19.8 Å². The summed E-state index contributed by atoms with van der Waals surface area (Å²) >= 11 is 0. The number of rotatable bonds is 8. The van der Waals surface area contributed by atoms with Crippen molar-refractivity contribution in [3.05, 3.63) is 29.8 Å². The molecule has 0 unspecified atom stereocenters. The van der Waals surface area contributed by atoms with Crippen LogP contribution in [0.15, 0.2) is 29.2 Å². The number of aryl methyl sites for hydroxylation is 1. The fraction of sp³-hybridized carbons (Fsp3) is 0.571. The van der Waals surface area contributed by atoms with Crippen molar-refractivity contribution in [1.82, 2.24) is 0 Å². The molecular formula is C14H22O5S. The number of aliphatic hydroxyl groups is 1. The highest BCUT2D eigenvalue weighted by atomic mass is 32.2. The standard InChI is InChI=1S/C14H22O5S/c1-12-4-6-13(7-5-12)20(16,17)19-11-10-18-9-8-14(2,3)15/h4-7,15H,8-11H2,1-3H3. The van der Waals surface area contributed by atoms with Crippen LogP contribution in [0.4, 0.5) is 0 Å². The zero-order chi connectivity index (χ0) is 15.2. The van der Waals surface area contributed by atoms with E-state index < -0.39 is 15.7 Å². The summed E-state index contributed by atoms with van der Waals surface area (Å²) in [5.74, 6) is 0. The van der Waals surface area contributed by atoms with Crippen molar-refractivity contribution < 1.29 is 22.4 Å². The van der Waals surface area contributed by atoms with E-state index >= 15 is 0 Å². The van der Waals surface area contributed by atoms with Crippen molar-refractivity contribution in [1.29, 1.82) is 0 Å². The Hall–Kier alpha value is -0.950. The largest absolute Gasteiger partial charge is 0.390 e. The Labute approximate surface area is 120 Å². The Morgan fingerprint density at radius 3 is 2.25 bits per heavy atom. The molecule has 0 spiro atoms. The van der Waals surface area contributed by atoms with E-state index in [1.165, 1.54) is 12.1 Å². The van der Waals surface area contributed by atoms with Crippen LogP contribution >= 0.6 is 0 Å². The summed E-state index contributed by atoms with van der Waals surface area (Å²) < 4.78 is 33.7. The van der Waals surface area contributed by atoms with Crippen LogP contribution in [0, 0.1) is 6.92 Å². The fourth-order valence-electron chi connectivity index (χ4n) is 1.40. The maximum Gasteiger partial charge on any atom is 0.297 e. The van der Waals surface area contributed by atoms with E-state index in [0.29, 0.717) is 13.0 Å². The first-order chi connectivity index (χ1) is 9.21. The average molecular weight is 302 g/mol. The quantitative estimate of drug-likeness (QED) is 0.586. The molecule has 114 valence electrons. The van der Waals surface area contributed by atoms with Gasteiger partial charge in [0.05, 0.1) is 23.7 Å². The summed E-state index contributed by atoms with van der Waals surface area (Å²) in [4.78, 5) is 0.139. The Balaban J connectivity index is 2.32. The van der Waals surface area contributed by atoms with Crippen LogP contribution < -0.4 is 0 Å². The molecule has 1 N–H and O–H groups in total. The van der Waals surface area contributed by atoms with Crippen LogP contribution in [0.2, 0.25) is 0 Å². The third-order valence-corrected chi connectivity index (χ3v) is 3.96. The first-order valence-electron chi connectivity index (χ1n) is 6.47. The summed E-state index contributed by atoms with van der Waals surface area (Å²) in [6.45, 7) is 5.75. The van der Waals surface area contributed by atoms with Gasteiger partial charge in [-0.05, 0) is 39.3 Å². The lowest BCUT2D eigenvalue weighted by molar-refractivity contribution is 0.0220. The van der Waals surface area contributed by atoms with Crippen molar-refractivity contribution in [3.63, 3.8) is 0 Å². The molecule has 0 aliphatic heterocycles. The van der Waals surface area contributed by atoms with Crippen molar-refractivity contribution in [2.45, 2.75) is 37.7 Å². The van der Waals surface area contributed by atoms with Crippen LogP contribution in [0.1, 0.15) is 25.8 Å². The molecule has 0 fully saturated rings. The number of hydrogen-bond acceptors (Lipinski definition) is 5. The second-order valence-corrected chi connectivity index (χ2v) is 6.88. The van der Waals surface area contributed by atoms with Crippen LogP contribution in [0.3, 0.4) is 0 Å². The molecule has 0 atom stereocenters. The predicted octanol–water partition coefficient (Wildman–Crippen LogP) is 1.88. The van der Waals surface area contributed by atoms with Gasteiger partial charge in [-0.1, -0.05) is 17.7 Å². The van der Waals surface area contributed by atoms with Gasteiger partial charge in [0.2, 0.25) is 0 Å². The smallest absolute Gasteiger partial charge is 0.297 e. The lowest BCUT2D eigenvalue weighted by atomic mass is 10.1. The second kappa shape index (κ2) is 7.17. The van der Waals surface area contributed by atoms with Crippen LogP contribution in [-0.2, 0) is 19.0 Å². The molecule has 0 radical (unpaired) electrons. The molecule has 6 heteroatoms. The monoisotopic (exact) mass is 302 g/mol. The summed E-state index contributed by atoms with van der Waals surface area (Å²) in [5.41, 5.74) is 0.202. The number of benzene rings is 1. The lowest BCUT2D eigenvalue weighted by Gasteiger charge is -2.16.